The van der Waals surface area contributed by atoms with Gasteiger partial charge in [0.15, 0.2) is 5.76 Å². The summed E-state index contributed by atoms with van der Waals surface area (Å²) in [7, 11) is 0. The summed E-state index contributed by atoms with van der Waals surface area (Å²) in [5.41, 5.74) is 2.77. The Kier molecular flexibility index (Phi) is 6.44. The van der Waals surface area contributed by atoms with Crippen molar-refractivity contribution in [2.75, 3.05) is 23.3 Å². The second kappa shape index (κ2) is 9.42. The highest BCUT2D eigenvalue weighted by atomic mass is 19.1. The molecule has 2 N–H and O–H groups in total. The number of aryl methyl sites for hydroxylation is 1. The summed E-state index contributed by atoms with van der Waals surface area (Å²) in [6.45, 7) is 5.70. The van der Waals surface area contributed by atoms with Crippen molar-refractivity contribution in [3.05, 3.63) is 59.6 Å². The van der Waals surface area contributed by atoms with Crippen LogP contribution < -0.4 is 15.5 Å². The number of rotatable bonds is 7. The lowest BCUT2D eigenvalue weighted by atomic mass is 10.1. The predicted molar refractivity (Wildman–Crippen MR) is 124 cm³/mol. The van der Waals surface area contributed by atoms with Gasteiger partial charge in [-0.25, -0.2) is 4.39 Å². The third-order valence-corrected chi connectivity index (χ3v) is 5.89. The number of carbonyl (C=O) groups is 2. The lowest BCUT2D eigenvalue weighted by molar-refractivity contribution is -0.118. The highest BCUT2D eigenvalue weighted by molar-refractivity contribution is 6.03. The fourth-order valence-corrected chi connectivity index (χ4v) is 4.18. The Hall–Kier alpha value is -3.35. The van der Waals surface area contributed by atoms with Crippen LogP contribution in [0.15, 0.2) is 46.9 Å². The van der Waals surface area contributed by atoms with E-state index in [1.165, 1.54) is 31.0 Å². The van der Waals surface area contributed by atoms with Crippen molar-refractivity contribution in [3.63, 3.8) is 0 Å². The molecule has 1 fully saturated rings. The van der Waals surface area contributed by atoms with Gasteiger partial charge in [-0.05, 0) is 62.6 Å². The third-order valence-electron chi connectivity index (χ3n) is 5.89. The van der Waals surface area contributed by atoms with Crippen molar-refractivity contribution in [3.8, 4) is 0 Å². The van der Waals surface area contributed by atoms with Gasteiger partial charge in [0.1, 0.15) is 17.4 Å². The molecule has 2 heterocycles. The number of hydrogen-bond acceptors (Lipinski definition) is 4. The zero-order valence-electron chi connectivity index (χ0n) is 18.4. The average molecular weight is 438 g/mol. The van der Waals surface area contributed by atoms with Crippen LogP contribution in [0, 0.1) is 12.7 Å². The van der Waals surface area contributed by atoms with Crippen LogP contribution in [0.1, 0.15) is 48.7 Å². The van der Waals surface area contributed by atoms with Crippen LogP contribution in [0.2, 0.25) is 0 Å². The second-order valence-corrected chi connectivity index (χ2v) is 8.25. The number of carbonyl (C=O) groups excluding carboxylic acids is 2. The maximum Gasteiger partial charge on any atom is 0.287 e. The fraction of sp³-hybridized carbons (Fsp3) is 0.360. The van der Waals surface area contributed by atoms with E-state index in [1.54, 1.807) is 6.92 Å². The van der Waals surface area contributed by atoms with Gasteiger partial charge in [0.05, 0.1) is 0 Å². The molecule has 0 radical (unpaired) electrons. The van der Waals surface area contributed by atoms with E-state index in [-0.39, 0.29) is 11.7 Å². The van der Waals surface area contributed by atoms with E-state index in [1.807, 2.05) is 31.2 Å². The molecule has 0 aliphatic carbocycles. The van der Waals surface area contributed by atoms with Crippen molar-refractivity contribution in [1.29, 1.82) is 0 Å². The van der Waals surface area contributed by atoms with Crippen LogP contribution in [0.4, 0.5) is 15.8 Å². The summed E-state index contributed by atoms with van der Waals surface area (Å²) in [5, 5.41) is 6.27. The number of anilines is 2. The average Bonchev–Trinajstić information content (AvgIpc) is 3.42. The topological polar surface area (TPSA) is 74.6 Å². The lowest BCUT2D eigenvalue weighted by Gasteiger charge is -2.20. The Morgan fingerprint density at radius 3 is 2.69 bits per heavy atom. The predicted octanol–water partition coefficient (Wildman–Crippen LogP) is 5.02. The molecule has 32 heavy (non-hydrogen) atoms. The fourth-order valence-electron chi connectivity index (χ4n) is 4.18. The molecule has 1 atom stereocenters. The molecule has 0 spiro atoms. The smallest absolute Gasteiger partial charge is 0.287 e. The van der Waals surface area contributed by atoms with Crippen LogP contribution in [-0.4, -0.2) is 30.9 Å². The molecule has 4 rings (SSSR count). The highest BCUT2D eigenvalue weighted by Crippen LogP contribution is 2.26. The van der Waals surface area contributed by atoms with Crippen LogP contribution in [0.5, 0.6) is 0 Å². The Bertz CT molecular complexity index is 1130. The summed E-state index contributed by atoms with van der Waals surface area (Å²) in [6, 6.07) is 11.2. The van der Waals surface area contributed by atoms with Crippen molar-refractivity contribution in [1.82, 2.24) is 5.32 Å². The first-order chi connectivity index (χ1) is 15.5. The van der Waals surface area contributed by atoms with Crippen molar-refractivity contribution < 1.29 is 18.4 Å². The van der Waals surface area contributed by atoms with Crippen molar-refractivity contribution in [2.24, 2.45) is 0 Å². The third kappa shape index (κ3) is 4.61. The normalized spacial score (nSPS) is 14.5. The minimum Gasteiger partial charge on any atom is -0.451 e. The molecule has 7 heteroatoms. The molecule has 3 aromatic rings. The summed E-state index contributed by atoms with van der Waals surface area (Å²) in [5.74, 6) is -1.07. The standard InChI is InChI=1S/C25H28FN3O3/c1-3-7-21(24(30)27-18-8-6-9-19(15-18)29-12-4-5-13-29)28-25(31)23-16(2)20-14-17(26)10-11-22(20)32-23/h6,8-11,14-15,21H,3-5,7,12-13H2,1-2H3,(H,27,30)(H,28,31). The van der Waals surface area contributed by atoms with E-state index in [4.69, 9.17) is 4.42 Å². The van der Waals surface area contributed by atoms with Gasteiger partial charge in [-0.2, -0.15) is 0 Å². The first-order valence-corrected chi connectivity index (χ1v) is 11.1. The van der Waals surface area contributed by atoms with Crippen LogP contribution in [0.3, 0.4) is 0 Å². The van der Waals surface area contributed by atoms with E-state index in [2.05, 4.69) is 15.5 Å². The molecule has 2 aromatic carbocycles. The molecule has 1 unspecified atom stereocenters. The molecular weight excluding hydrogens is 409 g/mol. The van der Waals surface area contributed by atoms with Gasteiger partial charge in [-0.15, -0.1) is 0 Å². The minimum atomic E-state index is -0.715. The van der Waals surface area contributed by atoms with E-state index in [0.717, 1.165) is 25.2 Å². The Labute approximate surface area is 186 Å². The Morgan fingerprint density at radius 2 is 1.94 bits per heavy atom. The summed E-state index contributed by atoms with van der Waals surface area (Å²) in [6.07, 6.45) is 3.55. The number of hydrogen-bond donors (Lipinski definition) is 2. The van der Waals surface area contributed by atoms with Gasteiger partial charge >= 0.3 is 0 Å². The number of fused-ring (bicyclic) bond motifs is 1. The number of halogens is 1. The number of amides is 2. The zero-order valence-corrected chi connectivity index (χ0v) is 18.4. The molecule has 1 saturated heterocycles. The van der Waals surface area contributed by atoms with E-state index < -0.39 is 17.8 Å². The monoisotopic (exact) mass is 437 g/mol. The maximum absolute atomic E-state index is 13.6. The number of nitrogens with zero attached hydrogens (tertiary/aromatic N) is 1. The number of furan rings is 1. The molecule has 0 bridgehead atoms. The summed E-state index contributed by atoms with van der Waals surface area (Å²) in [4.78, 5) is 28.2. The van der Waals surface area contributed by atoms with Crippen LogP contribution in [0.25, 0.3) is 11.0 Å². The largest absolute Gasteiger partial charge is 0.451 e. The second-order valence-electron chi connectivity index (χ2n) is 8.25. The van der Waals surface area contributed by atoms with Gasteiger partial charge in [0.25, 0.3) is 5.91 Å². The van der Waals surface area contributed by atoms with E-state index in [9.17, 15) is 14.0 Å². The van der Waals surface area contributed by atoms with E-state index in [0.29, 0.717) is 28.6 Å². The Balaban J connectivity index is 1.48. The van der Waals surface area contributed by atoms with Gasteiger partial charge in [-0.1, -0.05) is 19.4 Å². The number of benzene rings is 2. The minimum absolute atomic E-state index is 0.0931. The van der Waals surface area contributed by atoms with Gasteiger partial charge < -0.3 is 20.0 Å². The SMILES string of the molecule is CCCC(NC(=O)c1oc2ccc(F)cc2c1C)C(=O)Nc1cccc(N2CCCC2)c1. The molecule has 168 valence electrons. The highest BCUT2D eigenvalue weighted by Gasteiger charge is 2.25. The van der Waals surface area contributed by atoms with Crippen LogP contribution in [-0.2, 0) is 4.79 Å². The molecule has 1 aromatic heterocycles. The molecular formula is C25H28FN3O3. The molecule has 2 amide bonds. The lowest BCUT2D eigenvalue weighted by Crippen LogP contribution is -2.43. The quantitative estimate of drug-likeness (QED) is 0.544. The van der Waals surface area contributed by atoms with Crippen molar-refractivity contribution >= 4 is 34.2 Å². The van der Waals surface area contributed by atoms with Gasteiger partial charge in [0.2, 0.25) is 5.91 Å². The van der Waals surface area contributed by atoms with Gasteiger partial charge in [-0.3, -0.25) is 9.59 Å². The molecule has 0 saturated carbocycles. The molecule has 1 aliphatic rings. The Morgan fingerprint density at radius 1 is 1.16 bits per heavy atom. The molecule has 1 aliphatic heterocycles. The van der Waals surface area contributed by atoms with E-state index >= 15 is 0 Å². The zero-order chi connectivity index (χ0) is 22.7. The van der Waals surface area contributed by atoms with Crippen molar-refractivity contribution in [2.45, 2.75) is 45.6 Å². The van der Waals surface area contributed by atoms with Gasteiger partial charge in [0, 0.05) is 35.4 Å². The van der Waals surface area contributed by atoms with Crippen LogP contribution >= 0.6 is 0 Å². The first-order valence-electron chi connectivity index (χ1n) is 11.1. The molecule has 6 nitrogen and oxygen atoms in total. The maximum atomic E-state index is 13.6. The first kappa shape index (κ1) is 21.9. The summed E-state index contributed by atoms with van der Waals surface area (Å²) < 4.78 is 19.2. The number of nitrogens with one attached hydrogen (secondary N) is 2. The summed E-state index contributed by atoms with van der Waals surface area (Å²) >= 11 is 0.